The summed E-state index contributed by atoms with van der Waals surface area (Å²) in [7, 11) is 0. The first-order valence-corrected chi connectivity index (χ1v) is 9.60. The molecule has 0 saturated heterocycles. The number of pyridine rings is 1. The van der Waals surface area contributed by atoms with Gasteiger partial charge >= 0.3 is 6.18 Å². The minimum atomic E-state index is -4.60. The van der Waals surface area contributed by atoms with E-state index < -0.39 is 23.2 Å². The zero-order chi connectivity index (χ0) is 19.7. The van der Waals surface area contributed by atoms with Crippen molar-refractivity contribution in [3.63, 3.8) is 0 Å². The Hall–Kier alpha value is -2.41. The van der Waals surface area contributed by atoms with Crippen LogP contribution in [0.4, 0.5) is 18.9 Å². The van der Waals surface area contributed by atoms with Crippen LogP contribution in [-0.4, -0.2) is 34.9 Å². The van der Waals surface area contributed by atoms with E-state index in [1.807, 2.05) is 12.1 Å². The highest BCUT2D eigenvalue weighted by atomic mass is 19.4. The lowest BCUT2D eigenvalue weighted by Crippen LogP contribution is -2.41. The molecular formula is C21H22F3N3O. The molecule has 2 aliphatic rings. The van der Waals surface area contributed by atoms with Crippen molar-refractivity contribution in [3.05, 3.63) is 58.9 Å². The molecule has 0 unspecified atom stereocenters. The first kappa shape index (κ1) is 18.9. The van der Waals surface area contributed by atoms with Gasteiger partial charge in [0.25, 0.3) is 5.91 Å². The molecule has 1 saturated carbocycles. The van der Waals surface area contributed by atoms with Crippen LogP contribution in [-0.2, 0) is 19.0 Å². The summed E-state index contributed by atoms with van der Waals surface area (Å²) in [5, 5.41) is 2.61. The number of anilines is 1. The molecule has 1 aromatic carbocycles. The molecule has 1 fully saturated rings. The third-order valence-electron chi connectivity index (χ3n) is 5.76. The summed E-state index contributed by atoms with van der Waals surface area (Å²) in [5.41, 5.74) is 1.46. The number of aromatic nitrogens is 1. The Balaban J connectivity index is 1.50. The van der Waals surface area contributed by atoms with Gasteiger partial charge in [-0.05, 0) is 55.0 Å². The molecule has 1 amide bonds. The molecular weight excluding hydrogens is 367 g/mol. The van der Waals surface area contributed by atoms with Crippen molar-refractivity contribution in [3.8, 4) is 0 Å². The van der Waals surface area contributed by atoms with Gasteiger partial charge in [-0.15, -0.1) is 0 Å². The molecule has 2 aromatic rings. The Labute approximate surface area is 161 Å². The number of nitrogens with one attached hydrogen (secondary N) is 1. The van der Waals surface area contributed by atoms with Crippen molar-refractivity contribution in [2.45, 2.75) is 44.3 Å². The third-order valence-corrected chi connectivity index (χ3v) is 5.76. The predicted octanol–water partition coefficient (Wildman–Crippen LogP) is 4.31. The average Bonchev–Trinajstić information content (AvgIpc) is 2.82. The molecule has 0 bridgehead atoms. The number of amides is 1. The van der Waals surface area contributed by atoms with E-state index in [0.29, 0.717) is 11.7 Å². The second-order valence-corrected chi connectivity index (χ2v) is 7.48. The van der Waals surface area contributed by atoms with Gasteiger partial charge in [0.05, 0.1) is 11.1 Å². The van der Waals surface area contributed by atoms with Gasteiger partial charge in [0.15, 0.2) is 0 Å². The molecule has 2 heterocycles. The molecule has 1 aliphatic carbocycles. The highest BCUT2D eigenvalue weighted by Gasteiger charge is 2.35. The fourth-order valence-corrected chi connectivity index (χ4v) is 3.96. The van der Waals surface area contributed by atoms with Crippen molar-refractivity contribution in [2.24, 2.45) is 0 Å². The lowest BCUT2D eigenvalue weighted by atomic mass is 9.91. The van der Waals surface area contributed by atoms with Gasteiger partial charge in [0.2, 0.25) is 0 Å². The number of alkyl halides is 3. The van der Waals surface area contributed by atoms with Crippen LogP contribution in [0.3, 0.4) is 0 Å². The van der Waals surface area contributed by atoms with Gasteiger partial charge in [-0.3, -0.25) is 14.7 Å². The van der Waals surface area contributed by atoms with Crippen LogP contribution in [0.25, 0.3) is 0 Å². The number of benzene rings is 1. The number of rotatable bonds is 3. The normalized spacial score (nSPS) is 18.1. The number of hydrogen-bond acceptors (Lipinski definition) is 3. The van der Waals surface area contributed by atoms with Crippen LogP contribution in [0.15, 0.2) is 36.7 Å². The van der Waals surface area contributed by atoms with E-state index in [9.17, 15) is 18.0 Å². The zero-order valence-corrected chi connectivity index (χ0v) is 15.4. The van der Waals surface area contributed by atoms with E-state index in [4.69, 9.17) is 0 Å². The van der Waals surface area contributed by atoms with Gasteiger partial charge in [-0.25, -0.2) is 0 Å². The first-order valence-electron chi connectivity index (χ1n) is 9.60. The molecule has 1 N–H and O–H groups in total. The maximum atomic E-state index is 13.1. The number of carbonyl (C=O) groups excluding carboxylic acids is 1. The van der Waals surface area contributed by atoms with Crippen molar-refractivity contribution in [1.82, 2.24) is 9.88 Å². The Kier molecular flexibility index (Phi) is 5.10. The average molecular weight is 389 g/mol. The predicted molar refractivity (Wildman–Crippen MR) is 100 cm³/mol. The van der Waals surface area contributed by atoms with E-state index in [1.165, 1.54) is 24.8 Å². The van der Waals surface area contributed by atoms with E-state index in [1.54, 1.807) is 6.07 Å². The molecule has 0 spiro atoms. The van der Waals surface area contributed by atoms with Crippen LogP contribution in [0.2, 0.25) is 0 Å². The van der Waals surface area contributed by atoms with Crippen LogP contribution in [0.5, 0.6) is 0 Å². The van der Waals surface area contributed by atoms with Crippen molar-refractivity contribution in [2.75, 3.05) is 18.4 Å². The summed E-state index contributed by atoms with van der Waals surface area (Å²) in [4.78, 5) is 18.7. The minimum Gasteiger partial charge on any atom is -0.322 e. The number of nitrogens with zero attached hydrogens (tertiary/aromatic N) is 2. The Bertz CT molecular complexity index is 877. The molecule has 4 rings (SSSR count). The van der Waals surface area contributed by atoms with Gasteiger partial charge in [0.1, 0.15) is 0 Å². The molecule has 148 valence electrons. The van der Waals surface area contributed by atoms with Crippen LogP contribution >= 0.6 is 0 Å². The summed E-state index contributed by atoms with van der Waals surface area (Å²) in [6.45, 7) is 2.02. The molecule has 7 heteroatoms. The summed E-state index contributed by atoms with van der Waals surface area (Å²) < 4.78 is 39.4. The summed E-state index contributed by atoms with van der Waals surface area (Å²) in [6.07, 6.45) is 3.08. The molecule has 0 radical (unpaired) electrons. The molecule has 4 nitrogen and oxygen atoms in total. The number of fused-ring (bicyclic) bond motifs is 1. The summed E-state index contributed by atoms with van der Waals surface area (Å²) in [5.74, 6) is -0.801. The largest absolute Gasteiger partial charge is 0.417 e. The first-order chi connectivity index (χ1) is 13.4. The second-order valence-electron chi connectivity index (χ2n) is 7.48. The quantitative estimate of drug-likeness (QED) is 0.851. The summed E-state index contributed by atoms with van der Waals surface area (Å²) >= 11 is 0. The maximum absolute atomic E-state index is 13.1. The molecule has 1 aromatic heterocycles. The molecule has 28 heavy (non-hydrogen) atoms. The van der Waals surface area contributed by atoms with Gasteiger partial charge < -0.3 is 5.32 Å². The summed E-state index contributed by atoms with van der Waals surface area (Å²) in [6, 6.07) is 7.14. The lowest BCUT2D eigenvalue weighted by molar-refractivity contribution is -0.138. The molecule has 1 aliphatic heterocycles. The topological polar surface area (TPSA) is 45.2 Å². The van der Waals surface area contributed by atoms with E-state index in [-0.39, 0.29) is 0 Å². The number of carbonyl (C=O) groups is 1. The monoisotopic (exact) mass is 389 g/mol. The third kappa shape index (κ3) is 3.90. The van der Waals surface area contributed by atoms with Crippen LogP contribution in [0.1, 0.15) is 46.3 Å². The Morgan fingerprint density at radius 3 is 2.54 bits per heavy atom. The van der Waals surface area contributed by atoms with Crippen molar-refractivity contribution < 1.29 is 18.0 Å². The van der Waals surface area contributed by atoms with Crippen LogP contribution in [0, 0.1) is 0 Å². The second kappa shape index (κ2) is 7.54. The van der Waals surface area contributed by atoms with Gasteiger partial charge in [-0.2, -0.15) is 13.2 Å². The smallest absolute Gasteiger partial charge is 0.322 e. The SMILES string of the molecule is O=C(Nc1ccc2c(c1)CCN(C1CCC1)CC2)c1cnccc1C(F)(F)F. The number of hydrogen-bond donors (Lipinski definition) is 1. The standard InChI is InChI=1S/C21H22F3N3O/c22-21(23,24)19-6-9-25-13-18(19)20(28)26-16-5-4-14-7-10-27(17-2-1-3-17)11-8-15(14)12-16/h4-6,9,12-13,17H,1-3,7-8,10-11H2,(H,26,28). The fourth-order valence-electron chi connectivity index (χ4n) is 3.96. The minimum absolute atomic E-state index is 0.471. The van der Waals surface area contributed by atoms with Gasteiger partial charge in [0, 0.05) is 37.2 Å². The van der Waals surface area contributed by atoms with E-state index in [0.717, 1.165) is 50.0 Å². The molecule has 0 atom stereocenters. The van der Waals surface area contributed by atoms with E-state index in [2.05, 4.69) is 15.2 Å². The highest BCUT2D eigenvalue weighted by Crippen LogP contribution is 2.32. The van der Waals surface area contributed by atoms with Crippen molar-refractivity contribution >= 4 is 11.6 Å². The van der Waals surface area contributed by atoms with Crippen molar-refractivity contribution in [1.29, 1.82) is 0 Å². The Morgan fingerprint density at radius 2 is 1.86 bits per heavy atom. The highest BCUT2D eigenvalue weighted by molar-refractivity contribution is 6.05. The fraction of sp³-hybridized carbons (Fsp3) is 0.429. The maximum Gasteiger partial charge on any atom is 0.417 e. The van der Waals surface area contributed by atoms with Crippen LogP contribution < -0.4 is 5.32 Å². The van der Waals surface area contributed by atoms with E-state index >= 15 is 0 Å². The van der Waals surface area contributed by atoms with Gasteiger partial charge in [-0.1, -0.05) is 12.5 Å². The lowest BCUT2D eigenvalue weighted by Gasteiger charge is -2.36. The zero-order valence-electron chi connectivity index (χ0n) is 15.4. The Morgan fingerprint density at radius 1 is 1.11 bits per heavy atom. The number of halogens is 3.